The molecule has 0 unspecified atom stereocenters. The molecule has 0 aliphatic heterocycles. The molecule has 0 radical (unpaired) electrons. The minimum atomic E-state index is -0.976. The quantitative estimate of drug-likeness (QED) is 0.808. The molecule has 0 heterocycles. The van der Waals surface area contributed by atoms with Crippen LogP contribution in [0, 0.1) is 0 Å². The first-order chi connectivity index (χ1) is 9.40. The molecule has 0 saturated heterocycles. The summed E-state index contributed by atoms with van der Waals surface area (Å²) < 4.78 is 0. The molecule has 0 fully saturated rings. The maximum Gasteiger partial charge on any atom is 0.335 e. The van der Waals surface area contributed by atoms with E-state index in [0.29, 0.717) is 13.1 Å². The lowest BCUT2D eigenvalue weighted by atomic mass is 10.1. The van der Waals surface area contributed by atoms with E-state index in [1.54, 1.807) is 19.2 Å². The van der Waals surface area contributed by atoms with Crippen molar-refractivity contribution in [1.82, 2.24) is 10.2 Å². The number of rotatable bonds is 6. The second kappa shape index (κ2) is 7.28. The maximum absolute atomic E-state index is 11.8. The van der Waals surface area contributed by atoms with Gasteiger partial charge in [0.15, 0.2) is 0 Å². The molecule has 20 heavy (non-hydrogen) atoms. The van der Waals surface area contributed by atoms with Gasteiger partial charge in [0.1, 0.15) is 0 Å². The van der Waals surface area contributed by atoms with Gasteiger partial charge >= 0.3 is 5.97 Å². The van der Waals surface area contributed by atoms with Crippen LogP contribution in [0.25, 0.3) is 0 Å². The highest BCUT2D eigenvalue weighted by molar-refractivity contribution is 5.87. The Labute approximate surface area is 117 Å². The van der Waals surface area contributed by atoms with Crippen molar-refractivity contribution < 1.29 is 19.5 Å². The predicted molar refractivity (Wildman–Crippen MR) is 73.2 cm³/mol. The van der Waals surface area contributed by atoms with E-state index in [1.165, 1.54) is 24.0 Å². The summed E-state index contributed by atoms with van der Waals surface area (Å²) in [5.74, 6) is -1.22. The Hall–Kier alpha value is -2.37. The molecule has 0 bridgehead atoms. The van der Waals surface area contributed by atoms with Gasteiger partial charge in [-0.05, 0) is 17.7 Å². The van der Waals surface area contributed by atoms with Crippen molar-refractivity contribution in [2.75, 3.05) is 13.6 Å². The van der Waals surface area contributed by atoms with Gasteiger partial charge in [0.05, 0.1) is 5.56 Å². The Morgan fingerprint density at radius 2 is 1.80 bits per heavy atom. The standard InChI is InChI=1S/C14H18N2O4/c1-10(17)15-8-7-13(18)16(2)9-11-3-5-12(6-4-11)14(19)20/h3-6H,7-9H2,1-2H3,(H,15,17)(H,19,20). The molecule has 0 aliphatic rings. The van der Waals surface area contributed by atoms with Gasteiger partial charge in [-0.3, -0.25) is 9.59 Å². The molecule has 0 atom stereocenters. The van der Waals surface area contributed by atoms with Crippen LogP contribution in [0.5, 0.6) is 0 Å². The van der Waals surface area contributed by atoms with Crippen LogP contribution >= 0.6 is 0 Å². The van der Waals surface area contributed by atoms with Crippen LogP contribution in [0.15, 0.2) is 24.3 Å². The maximum atomic E-state index is 11.8. The number of carboxylic acid groups (broad SMARTS) is 1. The van der Waals surface area contributed by atoms with Crippen molar-refractivity contribution in [3.63, 3.8) is 0 Å². The molecular formula is C14H18N2O4. The molecule has 108 valence electrons. The van der Waals surface area contributed by atoms with Gasteiger partial charge in [-0.25, -0.2) is 4.79 Å². The largest absolute Gasteiger partial charge is 0.478 e. The molecule has 6 nitrogen and oxygen atoms in total. The van der Waals surface area contributed by atoms with Crippen LogP contribution < -0.4 is 5.32 Å². The lowest BCUT2D eigenvalue weighted by Crippen LogP contribution is -2.30. The second-order valence-electron chi connectivity index (χ2n) is 4.48. The van der Waals surface area contributed by atoms with Crippen molar-refractivity contribution in [2.45, 2.75) is 19.9 Å². The molecule has 0 saturated carbocycles. The van der Waals surface area contributed by atoms with E-state index in [0.717, 1.165) is 5.56 Å². The summed E-state index contributed by atoms with van der Waals surface area (Å²) in [4.78, 5) is 34.7. The number of carboxylic acids is 1. The number of aromatic carboxylic acids is 1. The summed E-state index contributed by atoms with van der Waals surface area (Å²) >= 11 is 0. The van der Waals surface area contributed by atoms with Crippen molar-refractivity contribution >= 4 is 17.8 Å². The van der Waals surface area contributed by atoms with Gasteiger partial charge in [-0.1, -0.05) is 12.1 Å². The number of amides is 2. The number of hydrogen-bond donors (Lipinski definition) is 2. The number of nitrogens with one attached hydrogen (secondary N) is 1. The van der Waals surface area contributed by atoms with Crippen molar-refractivity contribution in [3.8, 4) is 0 Å². The molecule has 0 spiro atoms. The second-order valence-corrected chi connectivity index (χ2v) is 4.48. The van der Waals surface area contributed by atoms with Crippen LogP contribution in [-0.4, -0.2) is 41.4 Å². The van der Waals surface area contributed by atoms with E-state index in [2.05, 4.69) is 5.32 Å². The SMILES string of the molecule is CC(=O)NCCC(=O)N(C)Cc1ccc(C(=O)O)cc1. The highest BCUT2D eigenvalue weighted by Gasteiger charge is 2.10. The molecule has 1 rings (SSSR count). The third kappa shape index (κ3) is 5.09. The Kier molecular flexibility index (Phi) is 5.71. The van der Waals surface area contributed by atoms with Crippen LogP contribution in [0.3, 0.4) is 0 Å². The minimum absolute atomic E-state index is 0.0824. The average Bonchev–Trinajstić information content (AvgIpc) is 2.38. The van der Waals surface area contributed by atoms with Gasteiger partial charge in [-0.2, -0.15) is 0 Å². The predicted octanol–water partition coefficient (Wildman–Crippen LogP) is 0.869. The molecule has 1 aromatic carbocycles. The summed E-state index contributed by atoms with van der Waals surface area (Å²) in [6.07, 6.45) is 0.239. The fourth-order valence-corrected chi connectivity index (χ4v) is 1.65. The third-order valence-corrected chi connectivity index (χ3v) is 2.76. The van der Waals surface area contributed by atoms with Crippen molar-refractivity contribution in [1.29, 1.82) is 0 Å². The van der Waals surface area contributed by atoms with E-state index < -0.39 is 5.97 Å². The van der Waals surface area contributed by atoms with Crippen molar-refractivity contribution in [3.05, 3.63) is 35.4 Å². The van der Waals surface area contributed by atoms with E-state index >= 15 is 0 Å². The smallest absolute Gasteiger partial charge is 0.335 e. The zero-order valence-electron chi connectivity index (χ0n) is 11.5. The topological polar surface area (TPSA) is 86.7 Å². The van der Waals surface area contributed by atoms with E-state index in [4.69, 9.17) is 5.11 Å². The zero-order valence-corrected chi connectivity index (χ0v) is 11.5. The van der Waals surface area contributed by atoms with E-state index in [1.807, 2.05) is 0 Å². The van der Waals surface area contributed by atoms with Gasteiger partial charge in [0.25, 0.3) is 0 Å². The molecule has 0 aromatic heterocycles. The molecule has 6 heteroatoms. The number of nitrogens with zero attached hydrogens (tertiary/aromatic N) is 1. The Morgan fingerprint density at radius 1 is 1.20 bits per heavy atom. The Morgan fingerprint density at radius 3 is 2.30 bits per heavy atom. The third-order valence-electron chi connectivity index (χ3n) is 2.76. The number of benzene rings is 1. The lowest BCUT2D eigenvalue weighted by molar-refractivity contribution is -0.130. The first-order valence-electron chi connectivity index (χ1n) is 6.21. The van der Waals surface area contributed by atoms with Crippen molar-refractivity contribution in [2.24, 2.45) is 0 Å². The highest BCUT2D eigenvalue weighted by Crippen LogP contribution is 2.07. The first-order valence-corrected chi connectivity index (χ1v) is 6.21. The summed E-state index contributed by atoms with van der Waals surface area (Å²) in [5.41, 5.74) is 1.07. The normalized spacial score (nSPS) is 9.90. The highest BCUT2D eigenvalue weighted by atomic mass is 16.4. The molecule has 2 amide bonds. The summed E-state index contributed by atoms with van der Waals surface area (Å²) in [6, 6.07) is 6.38. The van der Waals surface area contributed by atoms with Crippen LogP contribution in [-0.2, 0) is 16.1 Å². The number of carbonyl (C=O) groups is 3. The minimum Gasteiger partial charge on any atom is -0.478 e. The fraction of sp³-hybridized carbons (Fsp3) is 0.357. The average molecular weight is 278 g/mol. The Balaban J connectivity index is 2.48. The van der Waals surface area contributed by atoms with E-state index in [-0.39, 0.29) is 23.8 Å². The molecular weight excluding hydrogens is 260 g/mol. The van der Waals surface area contributed by atoms with Gasteiger partial charge in [0, 0.05) is 33.5 Å². The zero-order chi connectivity index (χ0) is 15.1. The van der Waals surface area contributed by atoms with E-state index in [9.17, 15) is 14.4 Å². The molecule has 2 N–H and O–H groups in total. The molecule has 0 aliphatic carbocycles. The monoisotopic (exact) mass is 278 g/mol. The van der Waals surface area contributed by atoms with Gasteiger partial charge < -0.3 is 15.3 Å². The first kappa shape index (κ1) is 15.7. The molecule has 1 aromatic rings. The van der Waals surface area contributed by atoms with Gasteiger partial charge in [0.2, 0.25) is 11.8 Å². The summed E-state index contributed by atoms with van der Waals surface area (Å²) in [5, 5.41) is 11.4. The fourth-order valence-electron chi connectivity index (χ4n) is 1.65. The van der Waals surface area contributed by atoms with Crippen LogP contribution in [0.4, 0.5) is 0 Å². The number of carbonyl (C=O) groups excluding carboxylic acids is 2. The number of hydrogen-bond acceptors (Lipinski definition) is 3. The van der Waals surface area contributed by atoms with Gasteiger partial charge in [-0.15, -0.1) is 0 Å². The summed E-state index contributed by atoms with van der Waals surface area (Å²) in [7, 11) is 1.67. The Bertz CT molecular complexity index is 496. The van der Waals surface area contributed by atoms with Crippen LogP contribution in [0.1, 0.15) is 29.3 Å². The van der Waals surface area contributed by atoms with Crippen LogP contribution in [0.2, 0.25) is 0 Å². The lowest BCUT2D eigenvalue weighted by Gasteiger charge is -2.17. The summed E-state index contributed by atoms with van der Waals surface area (Å²) in [6.45, 7) is 2.12.